The number of nitrogens with zero attached hydrogens (tertiary/aromatic N) is 5. The Hall–Kier alpha value is -3.20. The first kappa shape index (κ1) is 19.7. The molecule has 31 heavy (non-hydrogen) atoms. The van der Waals surface area contributed by atoms with Crippen LogP contribution < -0.4 is 0 Å². The molecule has 2 aromatic heterocycles. The normalized spacial score (nSPS) is 20.2. The van der Waals surface area contributed by atoms with Gasteiger partial charge in [-0.15, -0.1) is 0 Å². The van der Waals surface area contributed by atoms with E-state index in [0.29, 0.717) is 39.0 Å². The zero-order valence-electron chi connectivity index (χ0n) is 17.6. The first-order valence-electron chi connectivity index (χ1n) is 10.7. The van der Waals surface area contributed by atoms with E-state index in [1.165, 1.54) is 0 Å². The zero-order chi connectivity index (χ0) is 21.4. The molecule has 1 unspecified atom stereocenters. The van der Waals surface area contributed by atoms with Crippen molar-refractivity contribution in [1.82, 2.24) is 30.0 Å². The van der Waals surface area contributed by atoms with Gasteiger partial charge in [0.15, 0.2) is 0 Å². The summed E-state index contributed by atoms with van der Waals surface area (Å²) in [4.78, 5) is 35.1. The molecule has 1 atom stereocenters. The van der Waals surface area contributed by atoms with E-state index in [0.717, 1.165) is 40.9 Å². The highest BCUT2D eigenvalue weighted by molar-refractivity contribution is 5.91. The van der Waals surface area contributed by atoms with Crippen LogP contribution in [0.4, 0.5) is 0 Å². The van der Waals surface area contributed by atoms with Crippen molar-refractivity contribution in [2.45, 2.75) is 38.9 Å². The van der Waals surface area contributed by atoms with Crippen LogP contribution in [0.2, 0.25) is 0 Å². The number of carbonyl (C=O) groups is 2. The van der Waals surface area contributed by atoms with Gasteiger partial charge in [0.1, 0.15) is 17.4 Å². The highest BCUT2D eigenvalue weighted by Crippen LogP contribution is 2.27. The second-order valence-corrected chi connectivity index (χ2v) is 8.33. The van der Waals surface area contributed by atoms with Crippen molar-refractivity contribution in [3.63, 3.8) is 0 Å². The number of piperazine rings is 1. The SMILES string of the molecule is Cc1nonc1CN1CCN(C(=O)C2CCC(=O)N2Cc2c[nH]c3ccccc23)CC1. The summed E-state index contributed by atoms with van der Waals surface area (Å²) < 4.78 is 4.77. The Morgan fingerprint density at radius 3 is 2.74 bits per heavy atom. The van der Waals surface area contributed by atoms with Crippen molar-refractivity contribution in [1.29, 1.82) is 0 Å². The fourth-order valence-corrected chi connectivity index (χ4v) is 4.58. The first-order chi connectivity index (χ1) is 15.1. The van der Waals surface area contributed by atoms with Crippen LogP contribution >= 0.6 is 0 Å². The summed E-state index contributed by atoms with van der Waals surface area (Å²) in [5, 5.41) is 8.87. The molecule has 4 heterocycles. The van der Waals surface area contributed by atoms with Gasteiger partial charge in [0.05, 0.1) is 0 Å². The molecular weight excluding hydrogens is 396 g/mol. The van der Waals surface area contributed by atoms with Crippen molar-refractivity contribution >= 4 is 22.7 Å². The first-order valence-corrected chi connectivity index (χ1v) is 10.7. The summed E-state index contributed by atoms with van der Waals surface area (Å²) in [6.45, 7) is 5.83. The molecule has 9 heteroatoms. The minimum absolute atomic E-state index is 0.0521. The van der Waals surface area contributed by atoms with Gasteiger partial charge in [-0.3, -0.25) is 14.5 Å². The number of benzene rings is 1. The molecule has 2 saturated heterocycles. The fourth-order valence-electron chi connectivity index (χ4n) is 4.58. The molecule has 5 rings (SSSR count). The Morgan fingerprint density at radius 1 is 1.16 bits per heavy atom. The lowest BCUT2D eigenvalue weighted by molar-refractivity contribution is -0.143. The summed E-state index contributed by atoms with van der Waals surface area (Å²) in [6, 6.07) is 7.66. The van der Waals surface area contributed by atoms with Crippen molar-refractivity contribution in [2.75, 3.05) is 26.2 Å². The monoisotopic (exact) mass is 422 g/mol. The minimum atomic E-state index is -0.380. The maximum Gasteiger partial charge on any atom is 0.245 e. The van der Waals surface area contributed by atoms with Crippen molar-refractivity contribution in [3.05, 3.63) is 47.4 Å². The van der Waals surface area contributed by atoms with Crippen LogP contribution in [-0.4, -0.2) is 74.0 Å². The second kappa shape index (κ2) is 8.14. The third-order valence-corrected chi connectivity index (χ3v) is 6.43. The number of nitrogens with one attached hydrogen (secondary N) is 1. The zero-order valence-corrected chi connectivity index (χ0v) is 17.6. The van der Waals surface area contributed by atoms with E-state index >= 15 is 0 Å². The summed E-state index contributed by atoms with van der Waals surface area (Å²) >= 11 is 0. The van der Waals surface area contributed by atoms with E-state index < -0.39 is 0 Å². The molecule has 9 nitrogen and oxygen atoms in total. The summed E-state index contributed by atoms with van der Waals surface area (Å²) in [5.41, 5.74) is 3.73. The van der Waals surface area contributed by atoms with Gasteiger partial charge in [-0.2, -0.15) is 0 Å². The Bertz CT molecular complexity index is 1100. The van der Waals surface area contributed by atoms with Crippen LogP contribution in [0.3, 0.4) is 0 Å². The average molecular weight is 422 g/mol. The molecule has 1 aromatic carbocycles. The van der Waals surface area contributed by atoms with Crippen LogP contribution in [0.25, 0.3) is 10.9 Å². The predicted molar refractivity (Wildman–Crippen MR) is 113 cm³/mol. The number of H-pyrrole nitrogens is 1. The predicted octanol–water partition coefficient (Wildman–Crippen LogP) is 1.69. The van der Waals surface area contributed by atoms with Crippen LogP contribution in [0.15, 0.2) is 35.1 Å². The maximum absolute atomic E-state index is 13.3. The van der Waals surface area contributed by atoms with Gasteiger partial charge in [-0.05, 0) is 25.0 Å². The molecule has 2 aliphatic rings. The van der Waals surface area contributed by atoms with Gasteiger partial charge in [0.2, 0.25) is 11.8 Å². The summed E-state index contributed by atoms with van der Waals surface area (Å²) in [6.07, 6.45) is 2.96. The number of aryl methyl sites for hydroxylation is 1. The largest absolute Gasteiger partial charge is 0.361 e. The molecule has 2 fully saturated rings. The maximum atomic E-state index is 13.3. The molecule has 162 valence electrons. The summed E-state index contributed by atoms with van der Waals surface area (Å²) in [5.74, 6) is 0.112. The number of aromatic amines is 1. The quantitative estimate of drug-likeness (QED) is 0.672. The van der Waals surface area contributed by atoms with Crippen LogP contribution in [0.5, 0.6) is 0 Å². The molecule has 0 saturated carbocycles. The van der Waals surface area contributed by atoms with Gasteiger partial charge >= 0.3 is 0 Å². The number of hydrogen-bond donors (Lipinski definition) is 1. The number of likely N-dealkylation sites (tertiary alicyclic amines) is 1. The lowest BCUT2D eigenvalue weighted by Crippen LogP contribution is -2.53. The number of para-hydroxylation sites is 1. The Labute approximate surface area is 179 Å². The third kappa shape index (κ3) is 3.81. The van der Waals surface area contributed by atoms with Crippen molar-refractivity contribution in [2.24, 2.45) is 0 Å². The van der Waals surface area contributed by atoms with E-state index in [9.17, 15) is 9.59 Å². The van der Waals surface area contributed by atoms with Gasteiger partial charge in [-0.1, -0.05) is 28.5 Å². The lowest BCUT2D eigenvalue weighted by atomic mass is 10.1. The minimum Gasteiger partial charge on any atom is -0.361 e. The molecule has 0 spiro atoms. The number of rotatable bonds is 5. The fraction of sp³-hybridized carbons (Fsp3) is 0.455. The van der Waals surface area contributed by atoms with E-state index in [1.54, 1.807) is 4.90 Å². The molecule has 3 aromatic rings. The van der Waals surface area contributed by atoms with Crippen LogP contribution in [0, 0.1) is 6.92 Å². The van der Waals surface area contributed by atoms with Crippen molar-refractivity contribution < 1.29 is 14.2 Å². The molecular formula is C22H26N6O3. The lowest BCUT2D eigenvalue weighted by Gasteiger charge is -2.37. The summed E-state index contributed by atoms with van der Waals surface area (Å²) in [7, 11) is 0. The smallest absolute Gasteiger partial charge is 0.245 e. The van der Waals surface area contributed by atoms with Crippen LogP contribution in [0.1, 0.15) is 29.8 Å². The number of amides is 2. The Balaban J connectivity index is 1.23. The van der Waals surface area contributed by atoms with Crippen LogP contribution in [-0.2, 0) is 22.7 Å². The van der Waals surface area contributed by atoms with Gasteiger partial charge in [0.25, 0.3) is 0 Å². The molecule has 0 bridgehead atoms. The van der Waals surface area contributed by atoms with Gasteiger partial charge in [0, 0.05) is 62.8 Å². The van der Waals surface area contributed by atoms with E-state index in [2.05, 4.69) is 20.2 Å². The Kier molecular flexibility index (Phi) is 5.19. The van der Waals surface area contributed by atoms with Crippen molar-refractivity contribution in [3.8, 4) is 0 Å². The number of aromatic nitrogens is 3. The number of fused-ring (bicyclic) bond motifs is 1. The molecule has 1 N–H and O–H groups in total. The molecule has 0 aliphatic carbocycles. The van der Waals surface area contributed by atoms with Gasteiger partial charge in [-0.25, -0.2) is 4.63 Å². The average Bonchev–Trinajstić information content (AvgIpc) is 3.49. The standard InChI is InChI=1S/C22H26N6O3/c1-15-19(25-31-24-15)14-26-8-10-27(11-9-26)22(30)20-6-7-21(29)28(20)13-16-12-23-18-5-3-2-4-17(16)18/h2-5,12,20,23H,6-11,13-14H2,1H3. The molecule has 2 aliphatic heterocycles. The van der Waals surface area contributed by atoms with Gasteiger partial charge < -0.3 is 14.8 Å². The highest BCUT2D eigenvalue weighted by atomic mass is 16.6. The number of carbonyl (C=O) groups excluding carboxylic acids is 2. The second-order valence-electron chi connectivity index (χ2n) is 8.33. The van der Waals surface area contributed by atoms with E-state index in [4.69, 9.17) is 4.63 Å². The molecule has 2 amide bonds. The van der Waals surface area contributed by atoms with E-state index in [-0.39, 0.29) is 17.9 Å². The highest BCUT2D eigenvalue weighted by Gasteiger charge is 2.39. The Morgan fingerprint density at radius 2 is 1.97 bits per heavy atom. The molecule has 0 radical (unpaired) electrons. The topological polar surface area (TPSA) is 98.6 Å². The third-order valence-electron chi connectivity index (χ3n) is 6.43. The van der Waals surface area contributed by atoms with E-state index in [1.807, 2.05) is 42.3 Å². The number of hydrogen-bond acceptors (Lipinski definition) is 6.